The van der Waals surface area contributed by atoms with Crippen LogP contribution in [0.3, 0.4) is 0 Å². The van der Waals surface area contributed by atoms with Crippen molar-refractivity contribution >= 4 is 55.7 Å². The van der Waals surface area contributed by atoms with Gasteiger partial charge in [-0.25, -0.2) is 4.98 Å². The van der Waals surface area contributed by atoms with Crippen molar-refractivity contribution in [3.63, 3.8) is 0 Å². The van der Waals surface area contributed by atoms with Crippen LogP contribution in [0.2, 0.25) is 5.02 Å². The second-order valence-electron chi connectivity index (χ2n) is 8.24. The molecule has 0 spiro atoms. The first-order valence-corrected chi connectivity index (χ1v) is 12.1. The van der Waals surface area contributed by atoms with E-state index in [4.69, 9.17) is 11.6 Å². The van der Waals surface area contributed by atoms with Crippen LogP contribution in [0.5, 0.6) is 0 Å². The molecule has 1 atom stereocenters. The summed E-state index contributed by atoms with van der Waals surface area (Å²) < 4.78 is 0.941. The van der Waals surface area contributed by atoms with Crippen LogP contribution in [0.1, 0.15) is 35.2 Å². The monoisotopic (exact) mass is 488 g/mol. The molecule has 0 bridgehead atoms. The lowest BCUT2D eigenvalue weighted by Gasteiger charge is -2.23. The van der Waals surface area contributed by atoms with E-state index < -0.39 is 17.7 Å². The Bertz CT molecular complexity index is 1460. The van der Waals surface area contributed by atoms with Crippen molar-refractivity contribution in [1.29, 1.82) is 0 Å². The molecule has 5 rings (SSSR count). The first-order valence-electron chi connectivity index (χ1n) is 10.9. The second kappa shape index (κ2) is 8.70. The zero-order valence-corrected chi connectivity index (χ0v) is 20.2. The van der Waals surface area contributed by atoms with E-state index in [1.165, 1.54) is 21.8 Å². The SMILES string of the molecule is CCc1ccc2nc(N3C(=O)C(=O)C(=C(O)c4ccc(Cl)cc4)[C@H]3c3ccc(C)cc3)sc2c1. The highest BCUT2D eigenvalue weighted by Gasteiger charge is 2.48. The molecule has 0 aliphatic carbocycles. The smallest absolute Gasteiger partial charge is 0.301 e. The topological polar surface area (TPSA) is 70.5 Å². The van der Waals surface area contributed by atoms with Gasteiger partial charge in [-0.15, -0.1) is 0 Å². The van der Waals surface area contributed by atoms with Gasteiger partial charge in [0.25, 0.3) is 5.78 Å². The summed E-state index contributed by atoms with van der Waals surface area (Å²) in [4.78, 5) is 32.7. The number of rotatable bonds is 4. The molecule has 1 fully saturated rings. The van der Waals surface area contributed by atoms with E-state index in [0.29, 0.717) is 21.3 Å². The summed E-state index contributed by atoms with van der Waals surface area (Å²) in [5.74, 6) is -1.69. The van der Waals surface area contributed by atoms with Crippen molar-refractivity contribution in [1.82, 2.24) is 4.98 Å². The number of aliphatic hydroxyl groups excluding tert-OH is 1. The molecule has 1 saturated heterocycles. The Morgan fingerprint density at radius 3 is 2.44 bits per heavy atom. The molecule has 1 aromatic heterocycles. The van der Waals surface area contributed by atoms with Crippen LogP contribution in [0.25, 0.3) is 16.0 Å². The number of anilines is 1. The van der Waals surface area contributed by atoms with Crippen molar-refractivity contribution in [2.45, 2.75) is 26.3 Å². The molecule has 5 nitrogen and oxygen atoms in total. The number of halogens is 1. The summed E-state index contributed by atoms with van der Waals surface area (Å²) in [7, 11) is 0. The van der Waals surface area contributed by atoms with Gasteiger partial charge in [-0.2, -0.15) is 0 Å². The van der Waals surface area contributed by atoms with E-state index in [-0.39, 0.29) is 11.3 Å². The zero-order valence-electron chi connectivity index (χ0n) is 18.6. The Kier molecular flexibility index (Phi) is 5.71. The molecular weight excluding hydrogens is 468 g/mol. The number of amides is 1. The van der Waals surface area contributed by atoms with Crippen molar-refractivity contribution < 1.29 is 14.7 Å². The van der Waals surface area contributed by atoms with Crippen LogP contribution in [0.15, 0.2) is 72.3 Å². The second-order valence-corrected chi connectivity index (χ2v) is 9.68. The number of thiazole rings is 1. The summed E-state index contributed by atoms with van der Waals surface area (Å²) in [6.45, 7) is 4.04. The number of hydrogen-bond acceptors (Lipinski definition) is 5. The predicted octanol–water partition coefficient (Wildman–Crippen LogP) is 6.45. The van der Waals surface area contributed by atoms with E-state index in [1.807, 2.05) is 43.3 Å². The molecule has 170 valence electrons. The zero-order chi connectivity index (χ0) is 24.0. The van der Waals surface area contributed by atoms with Crippen molar-refractivity contribution in [2.24, 2.45) is 0 Å². The molecule has 0 radical (unpaired) electrons. The average Bonchev–Trinajstić information content (AvgIpc) is 3.37. The number of fused-ring (bicyclic) bond motifs is 1. The van der Waals surface area contributed by atoms with Crippen molar-refractivity contribution in [3.05, 3.63) is 99.6 Å². The largest absolute Gasteiger partial charge is 0.507 e. The standard InChI is InChI=1S/C27H21ClN2O3S/c1-3-16-6-13-20-21(14-16)34-27(29-20)30-23(17-7-4-15(2)5-8-17)22(25(32)26(30)33)24(31)18-9-11-19(28)12-10-18/h4-14,23,31H,3H2,1-2H3/t23-/m1/s1. The maximum atomic E-state index is 13.3. The van der Waals surface area contributed by atoms with Crippen LogP contribution in [-0.4, -0.2) is 21.8 Å². The summed E-state index contributed by atoms with van der Waals surface area (Å²) >= 11 is 7.36. The molecule has 0 saturated carbocycles. The van der Waals surface area contributed by atoms with Crippen LogP contribution >= 0.6 is 22.9 Å². The minimum absolute atomic E-state index is 0.0321. The molecule has 1 N–H and O–H groups in total. The lowest BCUT2D eigenvalue weighted by atomic mass is 9.95. The number of Topliss-reactive ketones (excluding diaryl/α,β-unsaturated/α-hetero) is 1. The number of nitrogens with zero attached hydrogens (tertiary/aromatic N) is 2. The fraction of sp³-hybridized carbons (Fsp3) is 0.148. The Morgan fingerprint density at radius 1 is 1.06 bits per heavy atom. The maximum absolute atomic E-state index is 13.3. The molecule has 1 aliphatic rings. The van der Waals surface area contributed by atoms with Gasteiger partial charge in [-0.3, -0.25) is 14.5 Å². The van der Waals surface area contributed by atoms with Crippen molar-refractivity contribution in [2.75, 3.05) is 4.90 Å². The van der Waals surface area contributed by atoms with Gasteiger partial charge >= 0.3 is 5.91 Å². The quantitative estimate of drug-likeness (QED) is 0.204. The number of hydrogen-bond donors (Lipinski definition) is 1. The minimum Gasteiger partial charge on any atom is -0.507 e. The third-order valence-corrected chi connectivity index (χ3v) is 7.28. The highest BCUT2D eigenvalue weighted by atomic mass is 35.5. The first kappa shape index (κ1) is 22.3. The molecule has 4 aromatic rings. The van der Waals surface area contributed by atoms with E-state index in [1.54, 1.807) is 24.3 Å². The van der Waals surface area contributed by atoms with E-state index in [9.17, 15) is 14.7 Å². The molecule has 0 unspecified atom stereocenters. The molecule has 1 aliphatic heterocycles. The summed E-state index contributed by atoms with van der Waals surface area (Å²) in [6.07, 6.45) is 0.887. The summed E-state index contributed by atoms with van der Waals surface area (Å²) in [5.41, 5.74) is 4.14. The normalized spacial score (nSPS) is 17.6. The molecule has 34 heavy (non-hydrogen) atoms. The highest BCUT2D eigenvalue weighted by Crippen LogP contribution is 2.44. The number of carbonyl (C=O) groups excluding carboxylic acids is 2. The van der Waals surface area contributed by atoms with Gasteiger partial charge in [0.15, 0.2) is 5.13 Å². The van der Waals surface area contributed by atoms with E-state index in [0.717, 1.165) is 22.2 Å². The average molecular weight is 489 g/mol. The first-order chi connectivity index (χ1) is 16.4. The number of aryl methyl sites for hydroxylation is 2. The minimum atomic E-state index is -0.803. The number of ketones is 1. The van der Waals surface area contributed by atoms with Gasteiger partial charge in [0, 0.05) is 10.6 Å². The van der Waals surface area contributed by atoms with Gasteiger partial charge in [0.05, 0.1) is 21.8 Å². The number of benzene rings is 3. The Balaban J connectivity index is 1.71. The molecule has 7 heteroatoms. The maximum Gasteiger partial charge on any atom is 0.301 e. The van der Waals surface area contributed by atoms with Gasteiger partial charge in [0.2, 0.25) is 0 Å². The van der Waals surface area contributed by atoms with Gasteiger partial charge in [-0.1, -0.05) is 65.8 Å². The van der Waals surface area contributed by atoms with Gasteiger partial charge in [-0.05, 0) is 60.9 Å². The Hall–Kier alpha value is -3.48. The molecule has 3 aromatic carbocycles. The Morgan fingerprint density at radius 2 is 1.76 bits per heavy atom. The third kappa shape index (κ3) is 3.79. The van der Waals surface area contributed by atoms with Crippen LogP contribution in [0, 0.1) is 6.92 Å². The third-order valence-electron chi connectivity index (χ3n) is 6.01. The van der Waals surface area contributed by atoms with Crippen LogP contribution in [0.4, 0.5) is 5.13 Å². The van der Waals surface area contributed by atoms with E-state index >= 15 is 0 Å². The molecule has 2 heterocycles. The fourth-order valence-corrected chi connectivity index (χ4v) is 5.32. The van der Waals surface area contributed by atoms with Gasteiger partial charge < -0.3 is 5.11 Å². The van der Waals surface area contributed by atoms with Gasteiger partial charge in [0.1, 0.15) is 5.76 Å². The van der Waals surface area contributed by atoms with Crippen molar-refractivity contribution in [3.8, 4) is 0 Å². The number of aliphatic hydroxyl groups is 1. The number of aromatic nitrogens is 1. The highest BCUT2D eigenvalue weighted by molar-refractivity contribution is 7.22. The predicted molar refractivity (Wildman–Crippen MR) is 136 cm³/mol. The van der Waals surface area contributed by atoms with E-state index in [2.05, 4.69) is 18.0 Å². The molecule has 1 amide bonds. The Labute approximate surface area is 205 Å². The summed E-state index contributed by atoms with van der Waals surface area (Å²) in [5, 5.41) is 12.1. The van der Waals surface area contributed by atoms with Crippen LogP contribution < -0.4 is 4.90 Å². The van der Waals surface area contributed by atoms with Crippen LogP contribution in [-0.2, 0) is 16.0 Å². The molecular formula is C27H21ClN2O3S. The summed E-state index contributed by atoms with van der Waals surface area (Å²) in [6, 6.07) is 19.3. The lowest BCUT2D eigenvalue weighted by molar-refractivity contribution is -0.132. The lowest BCUT2D eigenvalue weighted by Crippen LogP contribution is -2.29. The fourth-order valence-electron chi connectivity index (χ4n) is 4.14. The number of carbonyl (C=O) groups is 2.